The minimum absolute atomic E-state index is 0.259. The summed E-state index contributed by atoms with van der Waals surface area (Å²) in [6.07, 6.45) is 6.95. The summed E-state index contributed by atoms with van der Waals surface area (Å²) in [5.74, 6) is 0. The van der Waals surface area contributed by atoms with E-state index in [9.17, 15) is 0 Å². The van der Waals surface area contributed by atoms with Gasteiger partial charge in [0.1, 0.15) is 0 Å². The average molecular weight is 202 g/mol. The lowest BCUT2D eigenvalue weighted by Gasteiger charge is -2.25. The highest BCUT2D eigenvalue weighted by Gasteiger charge is 2.20. The summed E-state index contributed by atoms with van der Waals surface area (Å²) in [4.78, 5) is 20.2. The van der Waals surface area contributed by atoms with Crippen LogP contribution >= 0.6 is 0 Å². The first-order valence-electron chi connectivity index (χ1n) is 5.52. The molecule has 82 valence electrons. The van der Waals surface area contributed by atoms with Gasteiger partial charge in [-0.3, -0.25) is 0 Å². The Labute approximate surface area is 84.3 Å². The molecule has 0 amide bonds. The molecule has 0 bridgehead atoms. The van der Waals surface area contributed by atoms with Crippen molar-refractivity contribution in [3.05, 3.63) is 0 Å². The van der Waals surface area contributed by atoms with E-state index in [0.29, 0.717) is 0 Å². The summed E-state index contributed by atoms with van der Waals surface area (Å²) in [7, 11) is 0. The van der Waals surface area contributed by atoms with Crippen molar-refractivity contribution in [2.75, 3.05) is 13.2 Å². The topological polar surface area (TPSA) is 36.9 Å². The molecule has 14 heavy (non-hydrogen) atoms. The molecular weight excluding hydrogens is 184 g/mol. The molecule has 0 aromatic rings. The molecule has 2 aliphatic heterocycles. The van der Waals surface area contributed by atoms with Gasteiger partial charge in [-0.2, -0.15) is 0 Å². The summed E-state index contributed by atoms with van der Waals surface area (Å²) in [6.45, 7) is 1.47. The van der Waals surface area contributed by atoms with E-state index in [1.165, 1.54) is 0 Å². The third kappa shape index (κ3) is 3.20. The monoisotopic (exact) mass is 202 g/mol. The first-order valence-corrected chi connectivity index (χ1v) is 5.52. The predicted octanol–water partition coefficient (Wildman–Crippen LogP) is 1.99. The Kier molecular flexibility index (Phi) is 4.19. The largest absolute Gasteiger partial charge is 0.236 e. The SMILES string of the molecule is C1COOC(CCC2CCCOO2)C1. The molecule has 2 atom stereocenters. The van der Waals surface area contributed by atoms with Crippen molar-refractivity contribution in [3.8, 4) is 0 Å². The van der Waals surface area contributed by atoms with Crippen molar-refractivity contribution < 1.29 is 19.6 Å². The molecule has 0 saturated carbocycles. The van der Waals surface area contributed by atoms with Crippen LogP contribution in [0.4, 0.5) is 0 Å². The number of hydrogen-bond donors (Lipinski definition) is 0. The lowest BCUT2D eigenvalue weighted by molar-refractivity contribution is -0.357. The summed E-state index contributed by atoms with van der Waals surface area (Å²) in [5.41, 5.74) is 0. The fourth-order valence-electron chi connectivity index (χ4n) is 1.88. The lowest BCUT2D eigenvalue weighted by Crippen LogP contribution is -2.25. The highest BCUT2D eigenvalue weighted by Crippen LogP contribution is 2.20. The Hall–Kier alpha value is -0.160. The maximum Gasteiger partial charge on any atom is 0.0931 e. The van der Waals surface area contributed by atoms with Gasteiger partial charge in [0, 0.05) is 0 Å². The van der Waals surface area contributed by atoms with Crippen LogP contribution < -0.4 is 0 Å². The van der Waals surface area contributed by atoms with E-state index < -0.39 is 0 Å². The molecule has 0 aromatic carbocycles. The molecule has 4 heteroatoms. The van der Waals surface area contributed by atoms with Crippen LogP contribution in [0.3, 0.4) is 0 Å². The lowest BCUT2D eigenvalue weighted by atomic mass is 10.0. The molecule has 0 aliphatic carbocycles. The van der Waals surface area contributed by atoms with Gasteiger partial charge >= 0.3 is 0 Å². The third-order valence-electron chi connectivity index (χ3n) is 2.73. The maximum atomic E-state index is 5.17. The summed E-state index contributed by atoms with van der Waals surface area (Å²) >= 11 is 0. The molecule has 2 aliphatic rings. The van der Waals surface area contributed by atoms with Crippen LogP contribution in [0.25, 0.3) is 0 Å². The van der Waals surface area contributed by atoms with E-state index in [0.717, 1.165) is 51.7 Å². The predicted molar refractivity (Wildman–Crippen MR) is 49.4 cm³/mol. The fourth-order valence-corrected chi connectivity index (χ4v) is 1.88. The quantitative estimate of drug-likeness (QED) is 0.656. The van der Waals surface area contributed by atoms with Gasteiger partial charge in [-0.15, -0.1) is 0 Å². The van der Waals surface area contributed by atoms with Crippen molar-refractivity contribution in [1.29, 1.82) is 0 Å². The van der Waals surface area contributed by atoms with E-state index in [1.807, 2.05) is 0 Å². The molecule has 0 aromatic heterocycles. The Morgan fingerprint density at radius 2 is 1.29 bits per heavy atom. The molecule has 0 radical (unpaired) electrons. The minimum atomic E-state index is 0.259. The molecule has 4 nitrogen and oxygen atoms in total. The Bertz CT molecular complexity index is 132. The van der Waals surface area contributed by atoms with Crippen LogP contribution in [0.15, 0.2) is 0 Å². The zero-order valence-corrected chi connectivity index (χ0v) is 8.44. The van der Waals surface area contributed by atoms with E-state index >= 15 is 0 Å². The Morgan fingerprint density at radius 3 is 1.64 bits per heavy atom. The zero-order valence-electron chi connectivity index (χ0n) is 8.44. The van der Waals surface area contributed by atoms with E-state index in [2.05, 4.69) is 0 Å². The van der Waals surface area contributed by atoms with Gasteiger partial charge in [-0.25, -0.2) is 19.6 Å². The van der Waals surface area contributed by atoms with Gasteiger partial charge in [-0.1, -0.05) is 0 Å². The van der Waals surface area contributed by atoms with E-state index in [-0.39, 0.29) is 12.2 Å². The second-order valence-electron chi connectivity index (χ2n) is 3.94. The number of hydrogen-bond acceptors (Lipinski definition) is 4. The second-order valence-corrected chi connectivity index (χ2v) is 3.94. The van der Waals surface area contributed by atoms with Crippen molar-refractivity contribution in [3.63, 3.8) is 0 Å². The van der Waals surface area contributed by atoms with Crippen LogP contribution in [-0.4, -0.2) is 25.4 Å². The van der Waals surface area contributed by atoms with Crippen LogP contribution in [0.1, 0.15) is 38.5 Å². The second kappa shape index (κ2) is 5.66. The molecule has 2 rings (SSSR count). The Morgan fingerprint density at radius 1 is 0.786 bits per heavy atom. The molecule has 2 saturated heterocycles. The highest BCUT2D eigenvalue weighted by molar-refractivity contribution is 4.65. The van der Waals surface area contributed by atoms with Gasteiger partial charge in [0.15, 0.2) is 0 Å². The standard InChI is InChI=1S/C10H18O4/c1-3-9(13-11-7-1)5-6-10-4-2-8-12-14-10/h9-10H,1-8H2. The fraction of sp³-hybridized carbons (Fsp3) is 1.00. The molecule has 0 spiro atoms. The van der Waals surface area contributed by atoms with Gasteiger partial charge in [0.25, 0.3) is 0 Å². The molecular formula is C10H18O4. The van der Waals surface area contributed by atoms with Gasteiger partial charge in [-0.05, 0) is 38.5 Å². The van der Waals surface area contributed by atoms with E-state index in [4.69, 9.17) is 19.6 Å². The third-order valence-corrected chi connectivity index (χ3v) is 2.73. The molecule has 2 fully saturated rings. The van der Waals surface area contributed by atoms with Crippen LogP contribution in [0, 0.1) is 0 Å². The van der Waals surface area contributed by atoms with Crippen molar-refractivity contribution in [2.24, 2.45) is 0 Å². The molecule has 0 N–H and O–H groups in total. The number of rotatable bonds is 3. The van der Waals surface area contributed by atoms with Crippen molar-refractivity contribution in [1.82, 2.24) is 0 Å². The average Bonchev–Trinajstić information content (AvgIpc) is 2.29. The Balaban J connectivity index is 1.60. The molecule has 2 unspecified atom stereocenters. The summed E-state index contributed by atoms with van der Waals surface area (Å²) < 4.78 is 0. The summed E-state index contributed by atoms with van der Waals surface area (Å²) in [5, 5.41) is 0. The van der Waals surface area contributed by atoms with Gasteiger partial charge < -0.3 is 0 Å². The van der Waals surface area contributed by atoms with Gasteiger partial charge in [0.05, 0.1) is 25.4 Å². The minimum Gasteiger partial charge on any atom is -0.236 e. The van der Waals surface area contributed by atoms with Crippen molar-refractivity contribution in [2.45, 2.75) is 50.7 Å². The smallest absolute Gasteiger partial charge is 0.0931 e. The van der Waals surface area contributed by atoms with Crippen LogP contribution in [0.2, 0.25) is 0 Å². The molecule has 2 heterocycles. The van der Waals surface area contributed by atoms with Crippen LogP contribution in [0.5, 0.6) is 0 Å². The van der Waals surface area contributed by atoms with Gasteiger partial charge in [0.2, 0.25) is 0 Å². The first-order chi connectivity index (χ1) is 6.95. The zero-order chi connectivity index (χ0) is 9.64. The van der Waals surface area contributed by atoms with Crippen molar-refractivity contribution >= 4 is 0 Å². The first kappa shape index (κ1) is 10.4. The summed E-state index contributed by atoms with van der Waals surface area (Å²) in [6, 6.07) is 0. The van der Waals surface area contributed by atoms with Crippen LogP contribution in [-0.2, 0) is 19.6 Å². The highest BCUT2D eigenvalue weighted by atomic mass is 17.2. The van der Waals surface area contributed by atoms with E-state index in [1.54, 1.807) is 0 Å². The normalized spacial score (nSPS) is 34.3. The maximum absolute atomic E-state index is 5.17.